The number of benzene rings is 4. The van der Waals surface area contributed by atoms with E-state index < -0.39 is 0 Å². The van der Waals surface area contributed by atoms with Crippen LogP contribution in [0.4, 0.5) is 0 Å². The van der Waals surface area contributed by atoms with Gasteiger partial charge in [0.05, 0.1) is 0 Å². The van der Waals surface area contributed by atoms with E-state index in [1.165, 1.54) is 43.8 Å². The van der Waals surface area contributed by atoms with Gasteiger partial charge < -0.3 is 0 Å². The molecule has 23 heavy (non-hydrogen) atoms. The Morgan fingerprint density at radius 1 is 0.565 bits per heavy atom. The summed E-state index contributed by atoms with van der Waals surface area (Å²) in [6, 6.07) is 26.5. The van der Waals surface area contributed by atoms with Crippen LogP contribution < -0.4 is 0 Å². The lowest BCUT2D eigenvalue weighted by Crippen LogP contribution is -2.06. The third kappa shape index (κ3) is 1.82. The van der Waals surface area contributed by atoms with Gasteiger partial charge in [-0.2, -0.15) is 0 Å². The summed E-state index contributed by atoms with van der Waals surface area (Å²) in [6.45, 7) is 0. The van der Waals surface area contributed by atoms with Crippen LogP contribution in [0, 0.1) is 0 Å². The molecule has 0 aromatic heterocycles. The zero-order valence-electron chi connectivity index (χ0n) is 12.2. The number of hydrogen-bond acceptors (Lipinski definition) is 0. The highest BCUT2D eigenvalue weighted by Gasteiger charge is 2.41. The predicted molar refractivity (Wildman–Crippen MR) is 116 cm³/mol. The average molecular weight is 518 g/mol. The lowest BCUT2D eigenvalue weighted by Gasteiger charge is -2.20. The summed E-state index contributed by atoms with van der Waals surface area (Å²) in [7, 11) is 0. The van der Waals surface area contributed by atoms with E-state index in [-0.39, 0.29) is 1.43 Å². The van der Waals surface area contributed by atoms with Crippen LogP contribution >= 0.6 is 45.2 Å². The molecule has 0 aliphatic heterocycles. The van der Waals surface area contributed by atoms with Gasteiger partial charge in [-0.05, 0) is 43.8 Å². The quantitative estimate of drug-likeness (QED) is 0.133. The van der Waals surface area contributed by atoms with Gasteiger partial charge in [-0.25, -0.2) is 0 Å². The Morgan fingerprint density at radius 3 is 1.83 bits per heavy atom. The van der Waals surface area contributed by atoms with E-state index in [1.807, 2.05) is 0 Å². The summed E-state index contributed by atoms with van der Waals surface area (Å²) in [5.41, 5.74) is 5.67. The van der Waals surface area contributed by atoms with Crippen molar-refractivity contribution < 1.29 is 0 Å². The number of rotatable bonds is 0. The highest BCUT2D eigenvalue weighted by atomic mass is 127. The third-order valence-electron chi connectivity index (χ3n) is 4.78. The molecule has 0 spiro atoms. The lowest BCUT2D eigenvalue weighted by molar-refractivity contribution is 1.25. The fourth-order valence-corrected chi connectivity index (χ4v) is 5.92. The van der Waals surface area contributed by atoms with Crippen LogP contribution in [0.1, 0.15) is 11.1 Å². The van der Waals surface area contributed by atoms with Gasteiger partial charge in [0.15, 0.2) is 0 Å². The van der Waals surface area contributed by atoms with Crippen LogP contribution in [0.15, 0.2) is 72.8 Å². The van der Waals surface area contributed by atoms with Crippen LogP contribution in [0.2, 0.25) is 0 Å². The molecule has 0 nitrogen and oxygen atoms in total. The summed E-state index contributed by atoms with van der Waals surface area (Å²) in [5.74, 6) is 0. The Kier molecular flexibility index (Phi) is 3.05. The summed E-state index contributed by atoms with van der Waals surface area (Å²) in [4.78, 5) is 0. The minimum Gasteiger partial charge on any atom is -0.0619 e. The SMILES string of the molecule is IC1(I)c2ccccc2-c2c1c1ccccc1c1ccccc21. The maximum atomic E-state index is 2.62. The van der Waals surface area contributed by atoms with E-state index in [9.17, 15) is 0 Å². The highest BCUT2D eigenvalue weighted by molar-refractivity contribution is 14.2. The zero-order valence-corrected chi connectivity index (χ0v) is 16.5. The molecule has 4 aromatic carbocycles. The molecule has 0 radical (unpaired) electrons. The van der Waals surface area contributed by atoms with Gasteiger partial charge in [0.25, 0.3) is 0 Å². The van der Waals surface area contributed by atoms with Gasteiger partial charge in [0.1, 0.15) is 1.43 Å². The Labute approximate surface area is 162 Å². The molecule has 4 aromatic rings. The summed E-state index contributed by atoms with van der Waals surface area (Å²) in [6.07, 6.45) is 0. The van der Waals surface area contributed by atoms with Gasteiger partial charge in [-0.3, -0.25) is 0 Å². The molecule has 0 amide bonds. The molecule has 1 aliphatic rings. The van der Waals surface area contributed by atoms with E-state index in [0.717, 1.165) is 0 Å². The minimum atomic E-state index is -0.0227. The minimum absolute atomic E-state index is 0.0227. The molecular weight excluding hydrogens is 506 g/mol. The van der Waals surface area contributed by atoms with Crippen LogP contribution in [0.5, 0.6) is 0 Å². The van der Waals surface area contributed by atoms with Crippen molar-refractivity contribution in [3.8, 4) is 11.1 Å². The molecule has 0 saturated heterocycles. The molecule has 2 heteroatoms. The van der Waals surface area contributed by atoms with E-state index in [4.69, 9.17) is 0 Å². The second kappa shape index (κ2) is 4.93. The predicted octanol–water partition coefficient (Wildman–Crippen LogP) is 7.04. The number of hydrogen-bond donors (Lipinski definition) is 0. The molecule has 0 atom stereocenters. The van der Waals surface area contributed by atoms with Crippen molar-refractivity contribution in [2.75, 3.05) is 0 Å². The smallest absolute Gasteiger partial charge is 0.0619 e. The van der Waals surface area contributed by atoms with Crippen LogP contribution in [0.25, 0.3) is 32.7 Å². The van der Waals surface area contributed by atoms with E-state index >= 15 is 0 Å². The first kappa shape index (κ1) is 14.2. The summed E-state index contributed by atoms with van der Waals surface area (Å²) >= 11 is 5.23. The third-order valence-corrected chi connectivity index (χ3v) is 7.02. The van der Waals surface area contributed by atoms with Crippen molar-refractivity contribution in [3.63, 3.8) is 0 Å². The van der Waals surface area contributed by atoms with E-state index in [0.29, 0.717) is 0 Å². The van der Waals surface area contributed by atoms with E-state index in [2.05, 4.69) is 118 Å². The molecule has 0 bridgehead atoms. The fourth-order valence-electron chi connectivity index (χ4n) is 3.86. The van der Waals surface area contributed by atoms with Gasteiger partial charge in [-0.15, -0.1) is 0 Å². The van der Waals surface area contributed by atoms with Crippen LogP contribution in [0.3, 0.4) is 0 Å². The van der Waals surface area contributed by atoms with Gasteiger partial charge >= 0.3 is 0 Å². The van der Waals surface area contributed by atoms with Crippen molar-refractivity contribution in [3.05, 3.63) is 83.9 Å². The monoisotopic (exact) mass is 518 g/mol. The Bertz CT molecular complexity index is 1090. The molecule has 1 aliphatic carbocycles. The van der Waals surface area contributed by atoms with Gasteiger partial charge in [0.2, 0.25) is 0 Å². The normalized spacial score (nSPS) is 14.9. The summed E-state index contributed by atoms with van der Waals surface area (Å²) in [5, 5.41) is 5.44. The average Bonchev–Trinajstić information content (AvgIpc) is 2.84. The standard InChI is InChI=1S/C21H12I2/c22-21(23)18-12-6-5-11-17(18)19-15-9-3-1-7-13(15)14-8-2-4-10-16(14)20(19)21/h1-12H. The fraction of sp³-hybridized carbons (Fsp3) is 0.0476. The Balaban J connectivity index is 2.13. The Morgan fingerprint density at radius 2 is 1.09 bits per heavy atom. The number of halogens is 2. The number of alkyl halides is 2. The van der Waals surface area contributed by atoms with Gasteiger partial charge in [-0.1, -0.05) is 118 Å². The maximum absolute atomic E-state index is 2.62. The second-order valence-electron chi connectivity index (χ2n) is 5.96. The van der Waals surface area contributed by atoms with Crippen molar-refractivity contribution in [1.29, 1.82) is 0 Å². The van der Waals surface area contributed by atoms with Crippen molar-refractivity contribution in [1.82, 2.24) is 0 Å². The molecule has 5 rings (SSSR count). The Hall–Kier alpha value is -1.14. The first-order chi connectivity index (χ1) is 11.2. The van der Waals surface area contributed by atoms with Crippen molar-refractivity contribution in [2.24, 2.45) is 0 Å². The molecular formula is C21H12I2. The lowest BCUT2D eigenvalue weighted by atomic mass is 9.92. The topological polar surface area (TPSA) is 0 Å². The second-order valence-corrected chi connectivity index (χ2v) is 11.3. The largest absolute Gasteiger partial charge is 0.125 e. The van der Waals surface area contributed by atoms with Crippen molar-refractivity contribution >= 4 is 66.7 Å². The van der Waals surface area contributed by atoms with Gasteiger partial charge in [0, 0.05) is 0 Å². The first-order valence-corrected chi connectivity index (χ1v) is 9.77. The van der Waals surface area contributed by atoms with E-state index in [1.54, 1.807) is 0 Å². The molecule has 0 unspecified atom stereocenters. The molecule has 0 heterocycles. The number of fused-ring (bicyclic) bond motifs is 8. The molecule has 0 fully saturated rings. The van der Waals surface area contributed by atoms with Crippen LogP contribution in [-0.2, 0) is 1.43 Å². The zero-order chi connectivity index (χ0) is 15.6. The summed E-state index contributed by atoms with van der Waals surface area (Å²) < 4.78 is -0.0227. The molecule has 0 saturated carbocycles. The maximum Gasteiger partial charge on any atom is 0.125 e. The molecule has 110 valence electrons. The highest BCUT2D eigenvalue weighted by Crippen LogP contribution is 2.60. The van der Waals surface area contributed by atoms with Crippen molar-refractivity contribution in [2.45, 2.75) is 1.43 Å². The molecule has 0 N–H and O–H groups in total. The first-order valence-electron chi connectivity index (χ1n) is 7.61. The van der Waals surface area contributed by atoms with Crippen LogP contribution in [-0.4, -0.2) is 0 Å².